The molecule has 2 rings (SSSR count). The van der Waals surface area contributed by atoms with Crippen molar-refractivity contribution < 1.29 is 23.8 Å². The molecule has 0 radical (unpaired) electrons. The molecule has 8 heteroatoms. The average Bonchev–Trinajstić information content (AvgIpc) is 2.58. The van der Waals surface area contributed by atoms with Crippen molar-refractivity contribution in [3.05, 3.63) is 40.2 Å². The minimum atomic E-state index is -0.593. The zero-order valence-corrected chi connectivity index (χ0v) is 17.2. The van der Waals surface area contributed by atoms with Crippen LogP contribution >= 0.6 is 0 Å². The SMILES string of the molecule is CC(=O)OCc1cc2ccc(OC(N)CCCC(=O)OC(C)(C)C)cc2[nH]c1=O. The van der Waals surface area contributed by atoms with E-state index in [1.807, 2.05) is 20.8 Å². The van der Waals surface area contributed by atoms with E-state index in [2.05, 4.69) is 4.98 Å². The van der Waals surface area contributed by atoms with Crippen LogP contribution in [0.5, 0.6) is 5.75 Å². The number of nitrogens with two attached hydrogens (primary N) is 1. The van der Waals surface area contributed by atoms with E-state index in [0.717, 1.165) is 5.39 Å². The van der Waals surface area contributed by atoms with Crippen LogP contribution in [0, 0.1) is 0 Å². The lowest BCUT2D eigenvalue weighted by atomic mass is 10.1. The number of rotatable bonds is 8. The highest BCUT2D eigenvalue weighted by molar-refractivity contribution is 5.80. The maximum atomic E-state index is 12.1. The van der Waals surface area contributed by atoms with Crippen LogP contribution in [0.3, 0.4) is 0 Å². The van der Waals surface area contributed by atoms with Crippen LogP contribution < -0.4 is 16.0 Å². The lowest BCUT2D eigenvalue weighted by Crippen LogP contribution is -2.28. The summed E-state index contributed by atoms with van der Waals surface area (Å²) < 4.78 is 15.8. The summed E-state index contributed by atoms with van der Waals surface area (Å²) in [5.41, 5.74) is 6.10. The first kappa shape index (κ1) is 22.4. The van der Waals surface area contributed by atoms with E-state index in [1.165, 1.54) is 6.92 Å². The number of esters is 2. The molecule has 0 fully saturated rings. The number of hydrogen-bond acceptors (Lipinski definition) is 7. The minimum absolute atomic E-state index is 0.0820. The number of aromatic amines is 1. The Morgan fingerprint density at radius 3 is 2.59 bits per heavy atom. The maximum absolute atomic E-state index is 12.1. The summed E-state index contributed by atoms with van der Waals surface area (Å²) in [6, 6.07) is 6.87. The van der Waals surface area contributed by atoms with Gasteiger partial charge in [-0.1, -0.05) is 0 Å². The Morgan fingerprint density at radius 2 is 1.93 bits per heavy atom. The fourth-order valence-electron chi connectivity index (χ4n) is 2.66. The monoisotopic (exact) mass is 404 g/mol. The van der Waals surface area contributed by atoms with Crippen molar-refractivity contribution in [2.75, 3.05) is 0 Å². The fourth-order valence-corrected chi connectivity index (χ4v) is 2.66. The molecule has 29 heavy (non-hydrogen) atoms. The van der Waals surface area contributed by atoms with Crippen LogP contribution in [0.2, 0.25) is 0 Å². The van der Waals surface area contributed by atoms with Gasteiger partial charge in [-0.2, -0.15) is 0 Å². The number of pyridine rings is 1. The van der Waals surface area contributed by atoms with Crippen molar-refractivity contribution in [1.29, 1.82) is 0 Å². The second-order valence-corrected chi connectivity index (χ2v) is 7.79. The predicted molar refractivity (Wildman–Crippen MR) is 108 cm³/mol. The van der Waals surface area contributed by atoms with E-state index >= 15 is 0 Å². The summed E-state index contributed by atoms with van der Waals surface area (Å²) in [7, 11) is 0. The topological polar surface area (TPSA) is 121 Å². The second-order valence-electron chi connectivity index (χ2n) is 7.79. The van der Waals surface area contributed by atoms with Gasteiger partial charge in [-0.25, -0.2) is 0 Å². The van der Waals surface area contributed by atoms with Crippen LogP contribution in [0.4, 0.5) is 0 Å². The Bertz CT molecular complexity index is 929. The number of carbonyl (C=O) groups excluding carboxylic acids is 2. The van der Waals surface area contributed by atoms with Gasteiger partial charge in [0.15, 0.2) is 0 Å². The molecule has 3 N–H and O–H groups in total. The first-order chi connectivity index (χ1) is 13.5. The quantitative estimate of drug-likeness (QED) is 0.512. The van der Waals surface area contributed by atoms with E-state index in [4.69, 9.17) is 19.9 Å². The minimum Gasteiger partial charge on any atom is -0.476 e. The van der Waals surface area contributed by atoms with Crippen molar-refractivity contribution in [2.45, 2.75) is 65.4 Å². The first-order valence-electron chi connectivity index (χ1n) is 9.47. The van der Waals surface area contributed by atoms with Gasteiger partial charge in [0.05, 0.1) is 11.1 Å². The summed E-state index contributed by atoms with van der Waals surface area (Å²) in [5, 5.41) is 0.776. The van der Waals surface area contributed by atoms with Gasteiger partial charge in [0.25, 0.3) is 5.56 Å². The van der Waals surface area contributed by atoms with Gasteiger partial charge in [-0.3, -0.25) is 20.1 Å². The predicted octanol–water partition coefficient (Wildman–Crippen LogP) is 2.77. The number of ether oxygens (including phenoxy) is 3. The highest BCUT2D eigenvalue weighted by atomic mass is 16.6. The molecule has 1 unspecified atom stereocenters. The van der Waals surface area contributed by atoms with Crippen molar-refractivity contribution in [2.24, 2.45) is 5.73 Å². The van der Waals surface area contributed by atoms with Gasteiger partial charge in [-0.15, -0.1) is 0 Å². The fraction of sp³-hybridized carbons (Fsp3) is 0.476. The van der Waals surface area contributed by atoms with Crippen LogP contribution in [0.1, 0.15) is 52.5 Å². The summed E-state index contributed by atoms with van der Waals surface area (Å²) in [6.45, 7) is 6.67. The maximum Gasteiger partial charge on any atom is 0.306 e. The molecule has 1 heterocycles. The smallest absolute Gasteiger partial charge is 0.306 e. The molecule has 1 atom stereocenters. The van der Waals surface area contributed by atoms with Crippen molar-refractivity contribution in [3.63, 3.8) is 0 Å². The number of hydrogen-bond donors (Lipinski definition) is 2. The van der Waals surface area contributed by atoms with E-state index < -0.39 is 17.8 Å². The van der Waals surface area contributed by atoms with E-state index in [1.54, 1.807) is 24.3 Å². The third-order valence-electron chi connectivity index (χ3n) is 3.90. The molecule has 0 saturated heterocycles. The summed E-state index contributed by atoms with van der Waals surface area (Å²) >= 11 is 0. The number of carbonyl (C=O) groups is 2. The standard InChI is InChI=1S/C21H28N2O6/c1-13(24)27-12-15-10-14-8-9-16(11-17(14)23-20(15)26)28-18(22)6-5-7-19(25)29-21(2,3)4/h8-11,18H,5-7,12,22H2,1-4H3,(H,23,26). The van der Waals surface area contributed by atoms with Crippen LogP contribution in [0.15, 0.2) is 29.1 Å². The van der Waals surface area contributed by atoms with Gasteiger partial charge in [0.1, 0.15) is 24.2 Å². The molecular weight excluding hydrogens is 376 g/mol. The van der Waals surface area contributed by atoms with Gasteiger partial charge >= 0.3 is 11.9 Å². The zero-order valence-electron chi connectivity index (χ0n) is 17.2. The number of nitrogens with one attached hydrogen (secondary N) is 1. The summed E-state index contributed by atoms with van der Waals surface area (Å²) in [4.78, 5) is 37.5. The molecule has 0 spiro atoms. The Kier molecular flexibility index (Phi) is 7.39. The van der Waals surface area contributed by atoms with E-state index in [0.29, 0.717) is 29.7 Å². The molecule has 0 amide bonds. The highest BCUT2D eigenvalue weighted by Gasteiger charge is 2.16. The summed E-state index contributed by atoms with van der Waals surface area (Å²) in [5.74, 6) is -0.211. The van der Waals surface area contributed by atoms with Gasteiger partial charge in [0.2, 0.25) is 0 Å². The molecule has 0 bridgehead atoms. The van der Waals surface area contributed by atoms with E-state index in [9.17, 15) is 14.4 Å². The second kappa shape index (κ2) is 9.56. The van der Waals surface area contributed by atoms with Gasteiger partial charge < -0.3 is 19.2 Å². The molecular formula is C21H28N2O6. The van der Waals surface area contributed by atoms with Gasteiger partial charge in [-0.05, 0) is 57.2 Å². The van der Waals surface area contributed by atoms with Crippen molar-refractivity contribution >= 4 is 22.8 Å². The van der Waals surface area contributed by atoms with Gasteiger partial charge in [0, 0.05) is 19.4 Å². The molecule has 158 valence electrons. The van der Waals surface area contributed by atoms with Crippen LogP contribution in [0.25, 0.3) is 10.9 Å². The first-order valence-corrected chi connectivity index (χ1v) is 9.47. The molecule has 1 aromatic heterocycles. The third kappa shape index (κ3) is 7.57. The molecule has 0 aliphatic carbocycles. The number of fused-ring (bicyclic) bond motifs is 1. The largest absolute Gasteiger partial charge is 0.476 e. The van der Waals surface area contributed by atoms with Crippen LogP contribution in [-0.2, 0) is 25.7 Å². The Hall–Kier alpha value is -2.87. The number of H-pyrrole nitrogens is 1. The van der Waals surface area contributed by atoms with Crippen LogP contribution in [-0.4, -0.2) is 28.8 Å². The Morgan fingerprint density at radius 1 is 1.21 bits per heavy atom. The van der Waals surface area contributed by atoms with Crippen molar-refractivity contribution in [3.8, 4) is 5.75 Å². The molecule has 0 saturated carbocycles. The molecule has 8 nitrogen and oxygen atoms in total. The number of aromatic nitrogens is 1. The zero-order chi connectivity index (χ0) is 21.6. The lowest BCUT2D eigenvalue weighted by molar-refractivity contribution is -0.155. The van der Waals surface area contributed by atoms with E-state index in [-0.39, 0.29) is 24.6 Å². The third-order valence-corrected chi connectivity index (χ3v) is 3.90. The molecule has 0 aliphatic rings. The number of benzene rings is 1. The Labute approximate surface area is 169 Å². The Balaban J connectivity index is 1.94. The summed E-state index contributed by atoms with van der Waals surface area (Å²) in [6.07, 6.45) is 0.699. The lowest BCUT2D eigenvalue weighted by Gasteiger charge is -2.20. The normalized spacial score (nSPS) is 12.4. The van der Waals surface area contributed by atoms with Crippen molar-refractivity contribution in [1.82, 2.24) is 4.98 Å². The highest BCUT2D eigenvalue weighted by Crippen LogP contribution is 2.20. The average molecular weight is 404 g/mol. The molecule has 2 aromatic rings. The molecule has 1 aromatic carbocycles. The molecule has 0 aliphatic heterocycles.